The van der Waals surface area contributed by atoms with E-state index in [-0.39, 0.29) is 12.5 Å². The molecule has 1 aromatic heterocycles. The molecule has 2 aromatic rings. The van der Waals surface area contributed by atoms with Crippen molar-refractivity contribution in [3.8, 4) is 0 Å². The smallest absolute Gasteiger partial charge is 0.328 e. The van der Waals surface area contributed by atoms with Crippen molar-refractivity contribution < 1.29 is 9.59 Å². The zero-order valence-corrected chi connectivity index (χ0v) is 11.8. The maximum Gasteiger partial charge on any atom is 0.328 e. The molecule has 1 aromatic carbocycles. The van der Waals surface area contributed by atoms with Crippen molar-refractivity contribution in [2.75, 3.05) is 12.4 Å². The van der Waals surface area contributed by atoms with E-state index in [1.165, 1.54) is 13.2 Å². The van der Waals surface area contributed by atoms with Gasteiger partial charge in [0.15, 0.2) is 0 Å². The fourth-order valence-electron chi connectivity index (χ4n) is 1.77. The third-order valence-electron chi connectivity index (χ3n) is 2.87. The Morgan fingerprint density at radius 3 is 2.41 bits per heavy atom. The van der Waals surface area contributed by atoms with Gasteiger partial charge >= 0.3 is 5.69 Å². The van der Waals surface area contributed by atoms with Crippen molar-refractivity contribution in [3.63, 3.8) is 0 Å². The second-order valence-electron chi connectivity index (χ2n) is 4.44. The highest BCUT2D eigenvalue weighted by atomic mass is 16.2. The highest BCUT2D eigenvalue weighted by Gasteiger charge is 2.07. The van der Waals surface area contributed by atoms with Gasteiger partial charge in [-0.05, 0) is 24.3 Å². The van der Waals surface area contributed by atoms with Gasteiger partial charge in [-0.2, -0.15) is 0 Å². The number of hydrogen-bond acceptors (Lipinski definition) is 4. The largest absolute Gasteiger partial charge is 0.355 e. The molecule has 0 saturated carbocycles. The molecule has 0 aliphatic rings. The van der Waals surface area contributed by atoms with Crippen molar-refractivity contribution in [3.05, 3.63) is 62.9 Å². The number of carbonyl (C=O) groups is 2. The van der Waals surface area contributed by atoms with Crippen molar-refractivity contribution in [1.29, 1.82) is 0 Å². The Hall–Kier alpha value is -3.16. The topological polar surface area (TPSA) is 113 Å². The van der Waals surface area contributed by atoms with Crippen molar-refractivity contribution in [2.45, 2.75) is 6.54 Å². The third kappa shape index (κ3) is 3.69. The first kappa shape index (κ1) is 15.2. The maximum atomic E-state index is 11.9. The van der Waals surface area contributed by atoms with E-state index in [4.69, 9.17) is 0 Å². The van der Waals surface area contributed by atoms with E-state index in [1.807, 2.05) is 0 Å². The second-order valence-corrected chi connectivity index (χ2v) is 4.44. The van der Waals surface area contributed by atoms with E-state index in [0.717, 1.165) is 10.6 Å². The Kier molecular flexibility index (Phi) is 4.52. The van der Waals surface area contributed by atoms with Crippen LogP contribution in [0.5, 0.6) is 0 Å². The molecule has 114 valence electrons. The summed E-state index contributed by atoms with van der Waals surface area (Å²) < 4.78 is 1.08. The molecule has 0 radical (unpaired) electrons. The van der Waals surface area contributed by atoms with Gasteiger partial charge in [-0.15, -0.1) is 0 Å². The lowest BCUT2D eigenvalue weighted by atomic mass is 10.2. The summed E-state index contributed by atoms with van der Waals surface area (Å²) in [6, 6.07) is 7.46. The Balaban J connectivity index is 2.04. The van der Waals surface area contributed by atoms with Gasteiger partial charge in [0, 0.05) is 30.6 Å². The molecule has 3 N–H and O–H groups in total. The first-order valence-corrected chi connectivity index (χ1v) is 6.41. The lowest BCUT2D eigenvalue weighted by Gasteiger charge is -2.07. The molecule has 0 saturated heterocycles. The van der Waals surface area contributed by atoms with Gasteiger partial charge in [0.05, 0.1) is 0 Å². The number of nitrogens with one attached hydrogen (secondary N) is 3. The van der Waals surface area contributed by atoms with E-state index in [1.54, 1.807) is 24.3 Å². The zero-order chi connectivity index (χ0) is 16.1. The molecule has 8 heteroatoms. The van der Waals surface area contributed by atoms with Crippen LogP contribution in [0.2, 0.25) is 0 Å². The monoisotopic (exact) mass is 302 g/mol. The fraction of sp³-hybridized carbons (Fsp3) is 0.143. The van der Waals surface area contributed by atoms with E-state index < -0.39 is 17.2 Å². The standard InChI is InChI=1S/C14H14N4O4/c1-15-13(21)9-2-4-10(5-3-9)16-12(20)8-18-7-6-11(19)17-14(18)22/h2-7H,8H2,1H3,(H,15,21)(H,16,20)(H,17,19,22). The molecule has 22 heavy (non-hydrogen) atoms. The first-order valence-electron chi connectivity index (χ1n) is 6.41. The minimum atomic E-state index is -0.655. The number of H-pyrrole nitrogens is 1. The van der Waals surface area contributed by atoms with Gasteiger partial charge in [0.2, 0.25) is 5.91 Å². The van der Waals surface area contributed by atoms with E-state index in [9.17, 15) is 19.2 Å². The van der Waals surface area contributed by atoms with Gasteiger partial charge in [-0.25, -0.2) is 4.79 Å². The van der Waals surface area contributed by atoms with Gasteiger partial charge in [-0.1, -0.05) is 0 Å². The Morgan fingerprint density at radius 1 is 1.14 bits per heavy atom. The first-order chi connectivity index (χ1) is 10.5. The van der Waals surface area contributed by atoms with E-state index in [2.05, 4.69) is 15.6 Å². The molecule has 1 heterocycles. The quantitative estimate of drug-likeness (QED) is 0.709. The molecular formula is C14H14N4O4. The van der Waals surface area contributed by atoms with Crippen LogP contribution in [0.1, 0.15) is 10.4 Å². The van der Waals surface area contributed by atoms with Crippen molar-refractivity contribution in [1.82, 2.24) is 14.9 Å². The van der Waals surface area contributed by atoms with Crippen LogP contribution >= 0.6 is 0 Å². The summed E-state index contributed by atoms with van der Waals surface area (Å²) >= 11 is 0. The predicted octanol–water partition coefficient (Wildman–Crippen LogP) is -0.465. The molecule has 0 spiro atoms. The summed E-state index contributed by atoms with van der Waals surface area (Å²) in [7, 11) is 1.53. The number of benzene rings is 1. The molecule has 0 fully saturated rings. The summed E-state index contributed by atoms with van der Waals surface area (Å²) in [5.41, 5.74) is -0.212. The normalized spacial score (nSPS) is 10.0. The van der Waals surface area contributed by atoms with Crippen LogP contribution in [0.15, 0.2) is 46.1 Å². The van der Waals surface area contributed by atoms with Gasteiger partial charge < -0.3 is 10.6 Å². The van der Waals surface area contributed by atoms with Gasteiger partial charge in [0.25, 0.3) is 11.5 Å². The Labute approximate surface area is 124 Å². The summed E-state index contributed by atoms with van der Waals surface area (Å²) in [4.78, 5) is 47.7. The summed E-state index contributed by atoms with van der Waals surface area (Å²) in [6.45, 7) is -0.229. The summed E-state index contributed by atoms with van der Waals surface area (Å²) in [5, 5.41) is 5.09. The fourth-order valence-corrected chi connectivity index (χ4v) is 1.77. The Morgan fingerprint density at radius 2 is 1.82 bits per heavy atom. The van der Waals surface area contributed by atoms with E-state index in [0.29, 0.717) is 11.3 Å². The molecule has 2 rings (SSSR count). The highest BCUT2D eigenvalue weighted by molar-refractivity contribution is 5.95. The minimum Gasteiger partial charge on any atom is -0.355 e. The molecule has 0 unspecified atom stereocenters. The molecule has 0 aliphatic carbocycles. The summed E-state index contributed by atoms with van der Waals surface area (Å²) in [5.74, 6) is -0.653. The number of anilines is 1. The molecular weight excluding hydrogens is 288 g/mol. The number of nitrogens with zero attached hydrogens (tertiary/aromatic N) is 1. The van der Waals surface area contributed by atoms with Crippen LogP contribution in [0.25, 0.3) is 0 Å². The van der Waals surface area contributed by atoms with Gasteiger partial charge in [-0.3, -0.25) is 23.9 Å². The summed E-state index contributed by atoms with van der Waals surface area (Å²) in [6.07, 6.45) is 1.25. The number of carbonyl (C=O) groups excluding carboxylic acids is 2. The maximum absolute atomic E-state index is 11.9. The minimum absolute atomic E-state index is 0.224. The third-order valence-corrected chi connectivity index (χ3v) is 2.87. The SMILES string of the molecule is CNC(=O)c1ccc(NC(=O)Cn2ccc(=O)[nH]c2=O)cc1. The van der Waals surface area contributed by atoms with Crippen LogP contribution in [0.3, 0.4) is 0 Å². The second kappa shape index (κ2) is 6.53. The molecule has 8 nitrogen and oxygen atoms in total. The zero-order valence-electron chi connectivity index (χ0n) is 11.8. The molecule has 2 amide bonds. The number of aromatic nitrogens is 2. The van der Waals surface area contributed by atoms with Crippen LogP contribution in [-0.2, 0) is 11.3 Å². The van der Waals surface area contributed by atoms with Crippen LogP contribution in [0.4, 0.5) is 5.69 Å². The lowest BCUT2D eigenvalue weighted by molar-refractivity contribution is -0.116. The van der Waals surface area contributed by atoms with Crippen molar-refractivity contribution in [2.24, 2.45) is 0 Å². The lowest BCUT2D eigenvalue weighted by Crippen LogP contribution is -2.32. The van der Waals surface area contributed by atoms with Crippen molar-refractivity contribution >= 4 is 17.5 Å². The van der Waals surface area contributed by atoms with Crippen LogP contribution in [-0.4, -0.2) is 28.4 Å². The predicted molar refractivity (Wildman–Crippen MR) is 79.8 cm³/mol. The number of aromatic amines is 1. The van der Waals surface area contributed by atoms with E-state index >= 15 is 0 Å². The van der Waals surface area contributed by atoms with Crippen LogP contribution in [0, 0.1) is 0 Å². The number of hydrogen-bond donors (Lipinski definition) is 3. The Bertz CT molecular complexity index is 805. The van der Waals surface area contributed by atoms with Gasteiger partial charge in [0.1, 0.15) is 6.54 Å². The molecule has 0 atom stereocenters. The average molecular weight is 302 g/mol. The van der Waals surface area contributed by atoms with Crippen LogP contribution < -0.4 is 21.9 Å². The highest BCUT2D eigenvalue weighted by Crippen LogP contribution is 2.09. The average Bonchev–Trinajstić information content (AvgIpc) is 2.50. The molecule has 0 aliphatic heterocycles. The number of amides is 2. The molecule has 0 bridgehead atoms. The number of rotatable bonds is 4.